The summed E-state index contributed by atoms with van der Waals surface area (Å²) in [5.74, 6) is -0.619. The number of hydrogen-bond acceptors (Lipinski definition) is 6. The zero-order chi connectivity index (χ0) is 28.7. The number of amides is 1. The number of morpholine rings is 1. The summed E-state index contributed by atoms with van der Waals surface area (Å²) in [6.45, 7) is 4.10. The number of aromatic nitrogens is 3. The van der Waals surface area contributed by atoms with Crippen LogP contribution in [0.15, 0.2) is 65.7 Å². The second-order valence-electron chi connectivity index (χ2n) is 10.9. The number of likely N-dealkylation sites (tertiary alicyclic amines) is 1. The molecule has 0 spiro atoms. The molecule has 6 rings (SSSR count). The first-order valence-corrected chi connectivity index (χ1v) is 14.1. The molecule has 4 aromatic rings. The van der Waals surface area contributed by atoms with E-state index >= 15 is 0 Å². The highest BCUT2D eigenvalue weighted by atomic mass is 35.5. The molecule has 2 atom stereocenters. The molecule has 11 heteroatoms. The topological polar surface area (TPSA) is 102 Å². The zero-order valence-electron chi connectivity index (χ0n) is 22.6. The van der Waals surface area contributed by atoms with Crippen molar-refractivity contribution in [2.45, 2.75) is 44.1 Å². The van der Waals surface area contributed by atoms with E-state index in [2.05, 4.69) is 10.3 Å². The van der Waals surface area contributed by atoms with Crippen LogP contribution in [0.2, 0.25) is 5.15 Å². The van der Waals surface area contributed by atoms with Crippen molar-refractivity contribution in [3.05, 3.63) is 93.4 Å². The van der Waals surface area contributed by atoms with Crippen LogP contribution in [0.4, 0.5) is 4.39 Å². The van der Waals surface area contributed by atoms with Gasteiger partial charge in [-0.25, -0.2) is 9.37 Å². The largest absolute Gasteiger partial charge is 0.388 e. The summed E-state index contributed by atoms with van der Waals surface area (Å²) < 4.78 is 22.1. The Balaban J connectivity index is 1.17. The second-order valence-corrected chi connectivity index (χ2v) is 11.3. The molecule has 0 saturated carbocycles. The van der Waals surface area contributed by atoms with Crippen LogP contribution in [0.5, 0.6) is 0 Å². The third-order valence-electron chi connectivity index (χ3n) is 8.03. The minimum atomic E-state index is -1.18. The Morgan fingerprint density at radius 2 is 1.88 bits per heavy atom. The lowest BCUT2D eigenvalue weighted by atomic mass is 9.91. The van der Waals surface area contributed by atoms with Gasteiger partial charge in [0.1, 0.15) is 17.3 Å². The highest BCUT2D eigenvalue weighted by Crippen LogP contribution is 2.28. The third-order valence-corrected chi connectivity index (χ3v) is 8.31. The number of ether oxygens (including phenoxy) is 1. The first kappa shape index (κ1) is 27.6. The maximum Gasteiger partial charge on any atom is 0.262 e. The van der Waals surface area contributed by atoms with Crippen molar-refractivity contribution in [3.8, 4) is 5.69 Å². The molecule has 0 unspecified atom stereocenters. The van der Waals surface area contributed by atoms with Gasteiger partial charge in [0.15, 0.2) is 5.65 Å². The van der Waals surface area contributed by atoms with Gasteiger partial charge in [-0.15, -0.1) is 0 Å². The standard InChI is InChI=1S/C30H31ClFN5O4/c1-19-15-33-25(16-41-19)20-4-8-23(9-5-20)37-26(31)14-24-27(37)34-18-36(29(24)39)17-30(40)10-12-35(13-11-30)28(38)21-2-6-22(32)7-3-21/h2-9,14,18-19,25,33,40H,10-13,15-17H2,1H3/t19-,25-/m1/s1. The van der Waals surface area contributed by atoms with Gasteiger partial charge < -0.3 is 20.1 Å². The van der Waals surface area contributed by atoms with Gasteiger partial charge >= 0.3 is 0 Å². The molecule has 2 fully saturated rings. The number of halogens is 2. The van der Waals surface area contributed by atoms with E-state index in [1.165, 1.54) is 35.2 Å². The fourth-order valence-corrected chi connectivity index (χ4v) is 5.86. The van der Waals surface area contributed by atoms with Crippen molar-refractivity contribution < 1.29 is 19.0 Å². The van der Waals surface area contributed by atoms with E-state index in [4.69, 9.17) is 16.3 Å². The molecule has 2 aromatic carbocycles. The van der Waals surface area contributed by atoms with Crippen LogP contribution in [0, 0.1) is 5.82 Å². The van der Waals surface area contributed by atoms with E-state index in [9.17, 15) is 19.1 Å². The first-order valence-electron chi connectivity index (χ1n) is 13.7. The van der Waals surface area contributed by atoms with Crippen LogP contribution in [0.25, 0.3) is 16.7 Å². The molecule has 9 nitrogen and oxygen atoms in total. The van der Waals surface area contributed by atoms with Gasteiger partial charge in [-0.05, 0) is 67.8 Å². The maximum absolute atomic E-state index is 13.4. The molecule has 214 valence electrons. The van der Waals surface area contributed by atoms with E-state index in [0.717, 1.165) is 17.8 Å². The summed E-state index contributed by atoms with van der Waals surface area (Å²) in [4.78, 5) is 32.4. The zero-order valence-corrected chi connectivity index (χ0v) is 23.4. The Hall–Kier alpha value is -3.57. The van der Waals surface area contributed by atoms with Gasteiger partial charge in [-0.2, -0.15) is 0 Å². The van der Waals surface area contributed by atoms with E-state index in [0.29, 0.717) is 54.3 Å². The molecule has 0 aliphatic carbocycles. The Labute approximate surface area is 241 Å². The summed E-state index contributed by atoms with van der Waals surface area (Å²) in [6, 6.07) is 15.0. The van der Waals surface area contributed by atoms with Gasteiger partial charge in [0.05, 0.1) is 36.3 Å². The van der Waals surface area contributed by atoms with Gasteiger partial charge in [0, 0.05) is 30.9 Å². The molecule has 0 bridgehead atoms. The Morgan fingerprint density at radius 3 is 2.54 bits per heavy atom. The number of hydrogen-bond donors (Lipinski definition) is 2. The van der Waals surface area contributed by atoms with Crippen molar-refractivity contribution in [3.63, 3.8) is 0 Å². The molecule has 2 aromatic heterocycles. The number of piperidine rings is 1. The quantitative estimate of drug-likeness (QED) is 0.374. The van der Waals surface area contributed by atoms with Crippen molar-refractivity contribution >= 4 is 28.5 Å². The van der Waals surface area contributed by atoms with Crippen molar-refractivity contribution in [1.82, 2.24) is 24.3 Å². The molecule has 41 heavy (non-hydrogen) atoms. The van der Waals surface area contributed by atoms with Gasteiger partial charge in [0.25, 0.3) is 11.5 Å². The molecule has 4 heterocycles. The molecular weight excluding hydrogens is 549 g/mol. The molecule has 2 N–H and O–H groups in total. The summed E-state index contributed by atoms with van der Waals surface area (Å²) >= 11 is 6.59. The van der Waals surface area contributed by atoms with E-state index < -0.39 is 11.4 Å². The highest BCUT2D eigenvalue weighted by molar-refractivity contribution is 6.31. The van der Waals surface area contributed by atoms with Crippen LogP contribution in [0.1, 0.15) is 41.7 Å². The molecule has 2 aliphatic heterocycles. The van der Waals surface area contributed by atoms with Crippen molar-refractivity contribution in [1.29, 1.82) is 0 Å². The van der Waals surface area contributed by atoms with E-state index in [-0.39, 0.29) is 30.2 Å². The fourth-order valence-electron chi connectivity index (χ4n) is 5.58. The minimum Gasteiger partial charge on any atom is -0.388 e. The normalized spacial score (nSPS) is 20.8. The van der Waals surface area contributed by atoms with E-state index in [1.54, 1.807) is 15.5 Å². The van der Waals surface area contributed by atoms with Gasteiger partial charge in [-0.3, -0.25) is 18.7 Å². The maximum atomic E-state index is 13.4. The Morgan fingerprint density at radius 1 is 1.17 bits per heavy atom. The lowest BCUT2D eigenvalue weighted by Gasteiger charge is -2.38. The fraction of sp³-hybridized carbons (Fsp3) is 0.367. The summed E-state index contributed by atoms with van der Waals surface area (Å²) in [6.07, 6.45) is 2.21. The number of nitrogens with one attached hydrogen (secondary N) is 1. The van der Waals surface area contributed by atoms with Crippen LogP contribution in [-0.2, 0) is 11.3 Å². The average Bonchev–Trinajstić information content (AvgIpc) is 3.32. The van der Waals surface area contributed by atoms with Crippen LogP contribution < -0.4 is 10.9 Å². The number of carbonyl (C=O) groups is 1. The number of rotatable bonds is 5. The number of carbonyl (C=O) groups excluding carboxylic acids is 1. The third kappa shape index (κ3) is 5.52. The van der Waals surface area contributed by atoms with Gasteiger partial charge in [0.2, 0.25) is 0 Å². The smallest absolute Gasteiger partial charge is 0.262 e. The monoisotopic (exact) mass is 579 g/mol. The number of benzene rings is 2. The summed E-state index contributed by atoms with van der Waals surface area (Å²) in [7, 11) is 0. The molecule has 2 saturated heterocycles. The van der Waals surface area contributed by atoms with E-state index in [1.807, 2.05) is 31.2 Å². The van der Waals surface area contributed by atoms with Crippen molar-refractivity contribution in [2.75, 3.05) is 26.2 Å². The van der Waals surface area contributed by atoms with Crippen LogP contribution in [-0.4, -0.2) is 68.0 Å². The Bertz CT molecular complexity index is 1620. The van der Waals surface area contributed by atoms with Crippen molar-refractivity contribution in [2.24, 2.45) is 0 Å². The number of fused-ring (bicyclic) bond motifs is 1. The number of aliphatic hydroxyl groups is 1. The molecule has 2 aliphatic rings. The molecule has 0 radical (unpaired) electrons. The first-order chi connectivity index (χ1) is 19.7. The minimum absolute atomic E-state index is 0.0416. The summed E-state index contributed by atoms with van der Waals surface area (Å²) in [5.41, 5.74) is 1.22. The second kappa shape index (κ2) is 11.0. The predicted molar refractivity (Wildman–Crippen MR) is 153 cm³/mol. The average molecular weight is 580 g/mol. The highest BCUT2D eigenvalue weighted by Gasteiger charge is 2.35. The molecule has 1 amide bonds. The molecular formula is C30H31ClFN5O4. The number of nitrogens with zero attached hydrogens (tertiary/aromatic N) is 4. The predicted octanol–water partition coefficient (Wildman–Crippen LogP) is 3.70. The SMILES string of the molecule is C[C@@H]1CN[C@@H](c2ccc(-n3c(Cl)cc4c(=O)n(CC5(O)CCN(C(=O)c6ccc(F)cc6)CC5)cnc43)cc2)CO1. The summed E-state index contributed by atoms with van der Waals surface area (Å²) in [5, 5.41) is 15.5. The lowest BCUT2D eigenvalue weighted by Crippen LogP contribution is -2.49. The van der Waals surface area contributed by atoms with Crippen LogP contribution in [0.3, 0.4) is 0 Å². The van der Waals surface area contributed by atoms with Gasteiger partial charge in [-0.1, -0.05) is 23.7 Å². The Kier molecular flexibility index (Phi) is 7.41. The van der Waals surface area contributed by atoms with Crippen LogP contribution >= 0.6 is 11.6 Å². The lowest BCUT2D eigenvalue weighted by molar-refractivity contribution is -0.0299.